The second kappa shape index (κ2) is 8.53. The highest BCUT2D eigenvalue weighted by Crippen LogP contribution is 2.18. The molecule has 7 heteroatoms. The van der Waals surface area contributed by atoms with E-state index in [1.807, 2.05) is 13.0 Å². The van der Waals surface area contributed by atoms with Crippen molar-refractivity contribution in [2.45, 2.75) is 13.3 Å². The first-order valence-electron chi connectivity index (χ1n) is 7.95. The Labute approximate surface area is 148 Å². The second-order valence-corrected chi connectivity index (χ2v) is 7.33. The molecule has 2 aromatic carbocycles. The Kier molecular flexibility index (Phi) is 6.41. The largest absolute Gasteiger partial charge is 0.494 e. The van der Waals surface area contributed by atoms with Gasteiger partial charge in [-0.1, -0.05) is 18.2 Å². The number of nitrogens with zero attached hydrogens (tertiary/aromatic N) is 1. The molecule has 25 heavy (non-hydrogen) atoms. The predicted molar refractivity (Wildman–Crippen MR) is 99.5 cm³/mol. The van der Waals surface area contributed by atoms with E-state index in [9.17, 15) is 13.2 Å². The van der Waals surface area contributed by atoms with Crippen molar-refractivity contribution in [2.24, 2.45) is 0 Å². The molecule has 2 aromatic rings. The minimum atomic E-state index is -3.46. The molecule has 134 valence electrons. The number of nitrogens with one attached hydrogen (secondary N) is 1. The van der Waals surface area contributed by atoms with Crippen LogP contribution in [0.4, 0.5) is 11.4 Å². The van der Waals surface area contributed by atoms with Gasteiger partial charge in [-0.05, 0) is 43.3 Å². The van der Waals surface area contributed by atoms with Crippen LogP contribution in [0.15, 0.2) is 54.6 Å². The summed E-state index contributed by atoms with van der Waals surface area (Å²) in [7, 11) is -3.46. The lowest BCUT2D eigenvalue weighted by molar-refractivity contribution is -0.116. The molecule has 0 saturated carbocycles. The van der Waals surface area contributed by atoms with Gasteiger partial charge in [0, 0.05) is 18.7 Å². The first kappa shape index (κ1) is 18.8. The highest BCUT2D eigenvalue weighted by atomic mass is 32.2. The van der Waals surface area contributed by atoms with Gasteiger partial charge in [0.15, 0.2) is 0 Å². The molecule has 0 fully saturated rings. The minimum absolute atomic E-state index is 0.0508. The van der Waals surface area contributed by atoms with Gasteiger partial charge in [-0.15, -0.1) is 0 Å². The van der Waals surface area contributed by atoms with Gasteiger partial charge in [0.2, 0.25) is 15.9 Å². The first-order chi connectivity index (χ1) is 11.9. The van der Waals surface area contributed by atoms with Gasteiger partial charge >= 0.3 is 0 Å². The number of hydrogen-bond acceptors (Lipinski definition) is 4. The highest BCUT2D eigenvalue weighted by molar-refractivity contribution is 7.92. The third-order valence-electron chi connectivity index (χ3n) is 3.44. The zero-order chi connectivity index (χ0) is 18.3. The van der Waals surface area contributed by atoms with Gasteiger partial charge in [-0.3, -0.25) is 9.10 Å². The summed E-state index contributed by atoms with van der Waals surface area (Å²) in [6.45, 7) is 2.55. The fourth-order valence-corrected chi connectivity index (χ4v) is 3.24. The van der Waals surface area contributed by atoms with Crippen LogP contribution in [0.3, 0.4) is 0 Å². The molecule has 6 nitrogen and oxygen atoms in total. The van der Waals surface area contributed by atoms with Gasteiger partial charge in [0.25, 0.3) is 0 Å². The second-order valence-electron chi connectivity index (χ2n) is 5.43. The molecule has 1 N–H and O–H groups in total. The molecule has 0 radical (unpaired) electrons. The number of rotatable bonds is 8. The lowest BCUT2D eigenvalue weighted by Gasteiger charge is -2.22. The third kappa shape index (κ3) is 5.79. The maximum Gasteiger partial charge on any atom is 0.232 e. The van der Waals surface area contributed by atoms with Crippen LogP contribution in [0.1, 0.15) is 13.3 Å². The zero-order valence-corrected chi connectivity index (χ0v) is 15.1. The van der Waals surface area contributed by atoms with E-state index in [0.29, 0.717) is 18.0 Å². The SMILES string of the molecule is CCOc1ccc(NC(=O)CCN(c2ccccc2)S(C)(=O)=O)cc1. The topological polar surface area (TPSA) is 75.7 Å². The number of ether oxygens (including phenoxy) is 1. The Bertz CT molecular complexity index is 790. The summed E-state index contributed by atoms with van der Waals surface area (Å²) in [4.78, 5) is 12.1. The molecular formula is C18H22N2O4S. The molecular weight excluding hydrogens is 340 g/mol. The molecule has 0 aliphatic carbocycles. The molecule has 0 spiro atoms. The van der Waals surface area contributed by atoms with Crippen molar-refractivity contribution in [3.63, 3.8) is 0 Å². The molecule has 0 unspecified atom stereocenters. The summed E-state index contributed by atoms with van der Waals surface area (Å²) < 4.78 is 30.5. The van der Waals surface area contributed by atoms with Crippen LogP contribution in [-0.2, 0) is 14.8 Å². The minimum Gasteiger partial charge on any atom is -0.494 e. The molecule has 0 aromatic heterocycles. The number of hydrogen-bond donors (Lipinski definition) is 1. The van der Waals surface area contributed by atoms with Crippen molar-refractivity contribution >= 4 is 27.3 Å². The van der Waals surface area contributed by atoms with Crippen molar-refractivity contribution in [1.29, 1.82) is 0 Å². The summed E-state index contributed by atoms with van der Waals surface area (Å²) >= 11 is 0. The summed E-state index contributed by atoms with van der Waals surface area (Å²) in [5.74, 6) is 0.474. The van der Waals surface area contributed by atoms with Crippen molar-refractivity contribution in [1.82, 2.24) is 0 Å². The molecule has 0 atom stereocenters. The van der Waals surface area contributed by atoms with E-state index >= 15 is 0 Å². The Hall–Kier alpha value is -2.54. The van der Waals surface area contributed by atoms with Crippen molar-refractivity contribution in [3.05, 3.63) is 54.6 Å². The standard InChI is InChI=1S/C18H22N2O4S/c1-3-24-17-11-9-15(10-12-17)19-18(21)13-14-20(25(2,22)23)16-7-5-4-6-8-16/h4-12H,3,13-14H2,1-2H3,(H,19,21). The maximum atomic E-state index is 12.1. The fraction of sp³-hybridized carbons (Fsp3) is 0.278. The predicted octanol–water partition coefficient (Wildman–Crippen LogP) is 2.88. The number of anilines is 2. The van der Waals surface area contributed by atoms with Gasteiger partial charge in [0.1, 0.15) is 5.75 Å². The summed E-state index contributed by atoms with van der Waals surface area (Å²) in [6.07, 6.45) is 1.18. The molecule has 0 heterocycles. The van der Waals surface area contributed by atoms with Gasteiger partial charge in [0.05, 0.1) is 18.6 Å². The third-order valence-corrected chi connectivity index (χ3v) is 4.63. The monoisotopic (exact) mass is 362 g/mol. The van der Waals surface area contributed by atoms with Gasteiger partial charge < -0.3 is 10.1 Å². The lowest BCUT2D eigenvalue weighted by Crippen LogP contribution is -2.32. The van der Waals surface area contributed by atoms with Crippen molar-refractivity contribution < 1.29 is 17.9 Å². The summed E-state index contributed by atoms with van der Waals surface area (Å²) in [5, 5.41) is 2.75. The van der Waals surface area contributed by atoms with E-state index in [4.69, 9.17) is 4.74 Å². The number of para-hydroxylation sites is 1. The van der Waals surface area contributed by atoms with Crippen molar-refractivity contribution in [2.75, 3.05) is 29.0 Å². The average molecular weight is 362 g/mol. The average Bonchev–Trinajstić information content (AvgIpc) is 2.57. The summed E-state index contributed by atoms with van der Waals surface area (Å²) in [5.41, 5.74) is 1.18. The van der Waals surface area contributed by atoms with E-state index in [2.05, 4.69) is 5.32 Å². The maximum absolute atomic E-state index is 12.1. The highest BCUT2D eigenvalue weighted by Gasteiger charge is 2.18. The molecule has 0 aliphatic rings. The van der Waals surface area contributed by atoms with Crippen LogP contribution >= 0.6 is 0 Å². The number of sulfonamides is 1. The Morgan fingerprint density at radius 3 is 2.28 bits per heavy atom. The number of carbonyl (C=O) groups is 1. The molecule has 0 aliphatic heterocycles. The smallest absolute Gasteiger partial charge is 0.232 e. The van der Waals surface area contributed by atoms with E-state index in [0.717, 1.165) is 12.0 Å². The van der Waals surface area contributed by atoms with Crippen molar-refractivity contribution in [3.8, 4) is 5.75 Å². The van der Waals surface area contributed by atoms with Crippen LogP contribution in [-0.4, -0.2) is 33.7 Å². The molecule has 0 saturated heterocycles. The normalized spacial score (nSPS) is 11.0. The van der Waals surface area contributed by atoms with Crippen LogP contribution in [0.2, 0.25) is 0 Å². The molecule has 1 amide bonds. The van der Waals surface area contributed by atoms with E-state index < -0.39 is 10.0 Å². The van der Waals surface area contributed by atoms with Gasteiger partial charge in [-0.25, -0.2) is 8.42 Å². The van der Waals surface area contributed by atoms with Crippen LogP contribution in [0.5, 0.6) is 5.75 Å². The lowest BCUT2D eigenvalue weighted by atomic mass is 10.2. The van der Waals surface area contributed by atoms with E-state index in [1.54, 1.807) is 48.5 Å². The molecule has 2 rings (SSSR count). The van der Waals surface area contributed by atoms with Gasteiger partial charge in [-0.2, -0.15) is 0 Å². The number of carbonyl (C=O) groups excluding carboxylic acids is 1. The van der Waals surface area contributed by atoms with Crippen LogP contribution in [0.25, 0.3) is 0 Å². The summed E-state index contributed by atoms with van der Waals surface area (Å²) in [6, 6.07) is 15.8. The Morgan fingerprint density at radius 1 is 1.08 bits per heavy atom. The van der Waals surface area contributed by atoms with E-state index in [-0.39, 0.29) is 18.9 Å². The Morgan fingerprint density at radius 2 is 1.72 bits per heavy atom. The zero-order valence-electron chi connectivity index (χ0n) is 14.3. The Balaban J connectivity index is 1.97. The number of amides is 1. The van der Waals surface area contributed by atoms with Crippen LogP contribution in [0, 0.1) is 0 Å². The van der Waals surface area contributed by atoms with Crippen LogP contribution < -0.4 is 14.4 Å². The molecule has 0 bridgehead atoms. The number of benzene rings is 2. The fourth-order valence-electron chi connectivity index (χ4n) is 2.31. The quantitative estimate of drug-likeness (QED) is 0.783. The first-order valence-corrected chi connectivity index (χ1v) is 9.80. The van der Waals surface area contributed by atoms with E-state index in [1.165, 1.54) is 4.31 Å².